The molecule has 9 heteroatoms. The second-order valence-electron chi connectivity index (χ2n) is 7.99. The first-order valence-electron chi connectivity index (χ1n) is 10.2. The zero-order valence-corrected chi connectivity index (χ0v) is 18.5. The second kappa shape index (κ2) is 8.96. The number of nitrogens with one attached hydrogen (secondary N) is 1. The molecule has 32 heavy (non-hydrogen) atoms. The zero-order valence-electron chi connectivity index (χ0n) is 17.7. The van der Waals surface area contributed by atoms with Crippen molar-refractivity contribution in [1.29, 1.82) is 0 Å². The van der Waals surface area contributed by atoms with Gasteiger partial charge in [0, 0.05) is 18.5 Å². The smallest absolute Gasteiger partial charge is 0.354 e. The Morgan fingerprint density at radius 2 is 1.78 bits per heavy atom. The molecule has 0 saturated carbocycles. The van der Waals surface area contributed by atoms with E-state index >= 15 is 0 Å². The summed E-state index contributed by atoms with van der Waals surface area (Å²) in [6.45, 7) is 0.0612. The van der Waals surface area contributed by atoms with Gasteiger partial charge in [-0.2, -0.15) is 18.2 Å². The molecule has 0 saturated heterocycles. The molecule has 0 radical (unpaired) electrons. The maximum atomic E-state index is 13.3. The predicted molar refractivity (Wildman–Crippen MR) is 122 cm³/mol. The minimum atomic E-state index is -4.41. The molecule has 0 bridgehead atoms. The van der Waals surface area contributed by atoms with Crippen LogP contribution in [0, 0.1) is 0 Å². The highest BCUT2D eigenvalue weighted by atomic mass is 35.5. The predicted octanol–water partition coefficient (Wildman–Crippen LogP) is 5.52. The van der Waals surface area contributed by atoms with E-state index in [-0.39, 0.29) is 10.7 Å². The van der Waals surface area contributed by atoms with Crippen LogP contribution in [-0.2, 0) is 19.5 Å². The summed E-state index contributed by atoms with van der Waals surface area (Å²) in [5.41, 5.74) is 3.16. The Kier molecular flexibility index (Phi) is 6.26. The third-order valence-electron chi connectivity index (χ3n) is 5.09. The van der Waals surface area contributed by atoms with E-state index in [2.05, 4.69) is 15.3 Å². The van der Waals surface area contributed by atoms with Gasteiger partial charge in [0.2, 0.25) is 5.95 Å². The summed E-state index contributed by atoms with van der Waals surface area (Å²) in [7, 11) is 3.87. The second-order valence-corrected chi connectivity index (χ2v) is 8.35. The molecule has 1 N–H and O–H groups in total. The van der Waals surface area contributed by atoms with E-state index in [1.165, 1.54) is 0 Å². The number of aromatic nitrogens is 3. The van der Waals surface area contributed by atoms with E-state index in [4.69, 9.17) is 11.6 Å². The number of benzene rings is 2. The van der Waals surface area contributed by atoms with E-state index in [0.29, 0.717) is 35.5 Å². The number of anilines is 1. The van der Waals surface area contributed by atoms with Crippen LogP contribution in [0.4, 0.5) is 19.1 Å². The van der Waals surface area contributed by atoms with Crippen molar-refractivity contribution in [2.24, 2.45) is 0 Å². The molecule has 0 aliphatic heterocycles. The van der Waals surface area contributed by atoms with Crippen molar-refractivity contribution < 1.29 is 13.2 Å². The van der Waals surface area contributed by atoms with Crippen LogP contribution in [-0.4, -0.2) is 46.3 Å². The van der Waals surface area contributed by atoms with Crippen molar-refractivity contribution in [3.63, 3.8) is 0 Å². The number of fused-ring (bicyclic) bond motifs is 3. The fourth-order valence-corrected chi connectivity index (χ4v) is 4.10. The van der Waals surface area contributed by atoms with Gasteiger partial charge in [0.05, 0.1) is 5.52 Å². The lowest BCUT2D eigenvalue weighted by Crippen LogP contribution is -2.17. The molecule has 2 aromatic carbocycles. The molecule has 5 nitrogen and oxygen atoms in total. The quantitative estimate of drug-likeness (QED) is 0.368. The molecule has 0 unspecified atom stereocenters. The van der Waals surface area contributed by atoms with Crippen LogP contribution in [0.15, 0.2) is 48.5 Å². The van der Waals surface area contributed by atoms with E-state index in [1.807, 2.05) is 61.5 Å². The third-order valence-corrected chi connectivity index (χ3v) is 5.36. The highest BCUT2D eigenvalue weighted by Crippen LogP contribution is 2.35. The van der Waals surface area contributed by atoms with Crippen LogP contribution < -0.4 is 5.32 Å². The molecule has 0 aliphatic rings. The number of nitrogens with zero attached hydrogens (tertiary/aromatic N) is 4. The summed E-state index contributed by atoms with van der Waals surface area (Å²) in [6, 6.07) is 15.3. The van der Waals surface area contributed by atoms with Gasteiger partial charge in [-0.1, -0.05) is 48.0 Å². The largest absolute Gasteiger partial charge is 0.406 e. The normalized spacial score (nSPS) is 12.2. The number of hydrogen-bond donors (Lipinski definition) is 1. The van der Waals surface area contributed by atoms with Crippen LogP contribution in [0.25, 0.3) is 21.9 Å². The fraction of sp³-hybridized carbons (Fsp3) is 0.304. The molecule has 0 aliphatic carbocycles. The number of hydrogen-bond acceptors (Lipinski definition) is 4. The minimum absolute atomic E-state index is 0.00757. The average Bonchev–Trinajstić information content (AvgIpc) is 3.00. The molecular weight excluding hydrogens is 439 g/mol. The summed E-state index contributed by atoms with van der Waals surface area (Å²) >= 11 is 6.40. The molecule has 2 aromatic heterocycles. The molecule has 0 fully saturated rings. The van der Waals surface area contributed by atoms with Gasteiger partial charge in [-0.25, -0.2) is 4.98 Å². The molecule has 168 valence electrons. The van der Waals surface area contributed by atoms with Gasteiger partial charge in [-0.05, 0) is 43.8 Å². The number of halogens is 4. The summed E-state index contributed by atoms with van der Waals surface area (Å²) in [5.74, 6) is 0.294. The molecule has 4 aromatic rings. The van der Waals surface area contributed by atoms with E-state index < -0.39 is 12.7 Å². The van der Waals surface area contributed by atoms with Gasteiger partial charge < -0.3 is 14.8 Å². The highest BCUT2D eigenvalue weighted by molar-refractivity contribution is 6.35. The molecule has 0 amide bonds. The van der Waals surface area contributed by atoms with Crippen LogP contribution >= 0.6 is 11.6 Å². The monoisotopic (exact) mass is 461 g/mol. The van der Waals surface area contributed by atoms with Crippen molar-refractivity contribution in [1.82, 2.24) is 19.4 Å². The number of rotatable bonds is 7. The first-order valence-corrected chi connectivity index (χ1v) is 10.6. The molecule has 0 spiro atoms. The van der Waals surface area contributed by atoms with E-state index in [9.17, 15) is 13.2 Å². The lowest BCUT2D eigenvalue weighted by Gasteiger charge is -2.12. The molecule has 0 atom stereocenters. The SMILES string of the molecule is CN(C)Cc1ccc2c(c1)c1nc(NCCc3ccccc3)nc(Cl)c1n2CC(F)(F)F. The molecular formula is C23H23ClF3N5. The highest BCUT2D eigenvalue weighted by Gasteiger charge is 2.31. The van der Waals surface area contributed by atoms with E-state index in [0.717, 1.165) is 22.1 Å². The van der Waals surface area contributed by atoms with E-state index in [1.54, 1.807) is 6.07 Å². The Labute approximate surface area is 188 Å². The Hall–Kier alpha value is -2.84. The summed E-state index contributed by atoms with van der Waals surface area (Å²) in [6.07, 6.45) is -3.65. The van der Waals surface area contributed by atoms with Gasteiger partial charge in [0.1, 0.15) is 17.6 Å². The maximum absolute atomic E-state index is 13.3. The standard InChI is InChI=1S/C23H23ClF3N5/c1-31(2)13-16-8-9-18-17(12-16)19-20(32(18)14-23(25,26)27)21(24)30-22(29-19)28-11-10-15-6-4-3-5-7-15/h3-9,12H,10-11,13-14H2,1-2H3,(H,28,29,30). The Bertz CT molecular complexity index is 1240. The van der Waals surface area contributed by atoms with Crippen LogP contribution in [0.1, 0.15) is 11.1 Å². The Balaban J connectivity index is 1.76. The first kappa shape index (κ1) is 22.4. The van der Waals surface area contributed by atoms with Crippen molar-refractivity contribution in [2.45, 2.75) is 25.7 Å². The maximum Gasteiger partial charge on any atom is 0.406 e. The summed E-state index contributed by atoms with van der Waals surface area (Å²) in [4.78, 5) is 10.8. The van der Waals surface area contributed by atoms with Gasteiger partial charge in [0.15, 0.2) is 5.15 Å². The third kappa shape index (κ3) is 4.97. The van der Waals surface area contributed by atoms with Crippen LogP contribution in [0.2, 0.25) is 5.15 Å². The molecule has 2 heterocycles. The lowest BCUT2D eigenvalue weighted by atomic mass is 10.1. The van der Waals surface area contributed by atoms with Gasteiger partial charge in [0.25, 0.3) is 0 Å². The van der Waals surface area contributed by atoms with Crippen LogP contribution in [0.5, 0.6) is 0 Å². The zero-order chi connectivity index (χ0) is 22.9. The van der Waals surface area contributed by atoms with Crippen molar-refractivity contribution in [3.05, 3.63) is 64.8 Å². The lowest BCUT2D eigenvalue weighted by molar-refractivity contribution is -0.139. The van der Waals surface area contributed by atoms with Gasteiger partial charge in [-0.15, -0.1) is 0 Å². The fourth-order valence-electron chi connectivity index (χ4n) is 3.83. The summed E-state index contributed by atoms with van der Waals surface area (Å²) < 4.78 is 41.2. The van der Waals surface area contributed by atoms with Gasteiger partial charge in [-0.3, -0.25) is 0 Å². The summed E-state index contributed by atoms with van der Waals surface area (Å²) in [5, 5.41) is 3.77. The Morgan fingerprint density at radius 1 is 1.03 bits per heavy atom. The average molecular weight is 462 g/mol. The van der Waals surface area contributed by atoms with Crippen molar-refractivity contribution >= 4 is 39.5 Å². The molecule has 4 rings (SSSR count). The number of alkyl halides is 3. The Morgan fingerprint density at radius 3 is 2.47 bits per heavy atom. The van der Waals surface area contributed by atoms with Crippen molar-refractivity contribution in [3.8, 4) is 0 Å². The van der Waals surface area contributed by atoms with Crippen molar-refractivity contribution in [2.75, 3.05) is 26.0 Å². The topological polar surface area (TPSA) is 46.0 Å². The first-order chi connectivity index (χ1) is 15.2. The van der Waals surface area contributed by atoms with Crippen LogP contribution in [0.3, 0.4) is 0 Å². The minimum Gasteiger partial charge on any atom is -0.354 e. The van der Waals surface area contributed by atoms with Gasteiger partial charge >= 0.3 is 6.18 Å².